The number of aromatic nitrogens is 4. The molecule has 2 N–H and O–H groups in total. The molecule has 0 saturated carbocycles. The average Bonchev–Trinajstić information content (AvgIpc) is 2.95. The third-order valence-electron chi connectivity index (χ3n) is 2.56. The highest BCUT2D eigenvalue weighted by Gasteiger charge is 2.17. The molecule has 0 atom stereocenters. The van der Waals surface area contributed by atoms with Crippen LogP contribution in [0.1, 0.15) is 10.5 Å². The maximum Gasteiger partial charge on any atom is 0.268 e. The summed E-state index contributed by atoms with van der Waals surface area (Å²) >= 11 is 7.37. The number of halogens is 1. The Labute approximate surface area is 116 Å². The first kappa shape index (κ1) is 12.1. The molecular weight excluding hydrogens is 286 g/mol. The number of carbonyl (C=O) groups is 1. The van der Waals surface area contributed by atoms with Crippen LogP contribution in [0.15, 0.2) is 18.6 Å². The van der Waals surface area contributed by atoms with Gasteiger partial charge in [0, 0.05) is 25.0 Å². The van der Waals surface area contributed by atoms with Crippen LogP contribution < -0.4 is 5.73 Å². The molecule has 0 aliphatic rings. The molecule has 3 heterocycles. The molecule has 0 fully saturated rings. The van der Waals surface area contributed by atoms with Crippen molar-refractivity contribution in [3.05, 3.63) is 29.3 Å². The molecular formula is C11H8ClN5OS. The molecule has 6 nitrogen and oxygen atoms in total. The Bertz CT molecular complexity index is 794. The van der Waals surface area contributed by atoms with Crippen LogP contribution >= 0.6 is 22.9 Å². The lowest BCUT2D eigenvalue weighted by atomic mass is 10.3. The maximum absolute atomic E-state index is 11.4. The summed E-state index contributed by atoms with van der Waals surface area (Å²) in [6, 6.07) is 0. The Morgan fingerprint density at radius 3 is 2.89 bits per heavy atom. The largest absolute Gasteiger partial charge is 0.364 e. The maximum atomic E-state index is 11.4. The first-order chi connectivity index (χ1) is 9.06. The van der Waals surface area contributed by atoms with Crippen LogP contribution in [0.5, 0.6) is 0 Å². The number of thiazole rings is 1. The van der Waals surface area contributed by atoms with Crippen LogP contribution in [0.3, 0.4) is 0 Å². The van der Waals surface area contributed by atoms with Gasteiger partial charge in [0.05, 0.1) is 15.9 Å². The number of fused-ring (bicyclic) bond motifs is 1. The first-order valence-electron chi connectivity index (χ1n) is 5.30. The van der Waals surface area contributed by atoms with Gasteiger partial charge in [-0.05, 0) is 0 Å². The van der Waals surface area contributed by atoms with Crippen molar-refractivity contribution < 1.29 is 4.79 Å². The minimum atomic E-state index is -0.594. The van der Waals surface area contributed by atoms with Crippen LogP contribution in [-0.2, 0) is 7.05 Å². The lowest BCUT2D eigenvalue weighted by Gasteiger charge is -1.96. The van der Waals surface area contributed by atoms with Gasteiger partial charge in [-0.25, -0.2) is 9.97 Å². The highest BCUT2D eigenvalue weighted by molar-refractivity contribution is 7.22. The van der Waals surface area contributed by atoms with Crippen molar-refractivity contribution >= 4 is 39.1 Å². The fourth-order valence-electron chi connectivity index (χ4n) is 1.71. The van der Waals surface area contributed by atoms with E-state index in [1.165, 1.54) is 17.5 Å². The van der Waals surface area contributed by atoms with Crippen molar-refractivity contribution in [2.75, 3.05) is 0 Å². The zero-order valence-corrected chi connectivity index (χ0v) is 11.4. The molecule has 0 spiro atoms. The number of rotatable bonds is 2. The van der Waals surface area contributed by atoms with Crippen LogP contribution in [0, 0.1) is 0 Å². The summed E-state index contributed by atoms with van der Waals surface area (Å²) < 4.78 is 2.27. The topological polar surface area (TPSA) is 86.7 Å². The fourth-order valence-corrected chi connectivity index (χ4v) is 3.01. The molecule has 3 aromatic rings. The molecule has 0 aromatic carbocycles. The number of carbonyl (C=O) groups excluding carboxylic acids is 1. The Kier molecular flexibility index (Phi) is 2.72. The van der Waals surface area contributed by atoms with E-state index < -0.39 is 5.91 Å². The molecule has 0 radical (unpaired) electrons. The molecule has 3 aromatic heterocycles. The average molecular weight is 294 g/mol. The molecule has 0 aliphatic carbocycles. The molecule has 0 bridgehead atoms. The summed E-state index contributed by atoms with van der Waals surface area (Å²) in [6.07, 6.45) is 4.92. The molecule has 1 amide bonds. The Hall–Kier alpha value is -1.99. The Morgan fingerprint density at radius 2 is 2.26 bits per heavy atom. The Morgan fingerprint density at radius 1 is 1.47 bits per heavy atom. The van der Waals surface area contributed by atoms with Gasteiger partial charge in [0.1, 0.15) is 16.2 Å². The molecule has 0 saturated heterocycles. The number of amides is 1. The van der Waals surface area contributed by atoms with Crippen molar-refractivity contribution in [2.45, 2.75) is 0 Å². The molecule has 3 rings (SSSR count). The third kappa shape index (κ3) is 1.96. The minimum absolute atomic E-state index is 0.187. The SMILES string of the molecule is Cn1cc(-c2nc3c(Cl)cnc(C(N)=O)c3s2)cn1. The van der Waals surface area contributed by atoms with Crippen LogP contribution in [-0.4, -0.2) is 25.7 Å². The number of nitrogens with zero attached hydrogens (tertiary/aromatic N) is 4. The van der Waals surface area contributed by atoms with Gasteiger partial charge < -0.3 is 5.73 Å². The van der Waals surface area contributed by atoms with Crippen molar-refractivity contribution in [2.24, 2.45) is 12.8 Å². The highest BCUT2D eigenvalue weighted by Crippen LogP contribution is 2.34. The van der Waals surface area contributed by atoms with E-state index in [2.05, 4.69) is 15.1 Å². The van der Waals surface area contributed by atoms with E-state index >= 15 is 0 Å². The second-order valence-corrected chi connectivity index (χ2v) is 5.32. The first-order valence-corrected chi connectivity index (χ1v) is 6.49. The summed E-state index contributed by atoms with van der Waals surface area (Å²) in [6.45, 7) is 0. The molecule has 0 aliphatic heterocycles. The lowest BCUT2D eigenvalue weighted by Crippen LogP contribution is -2.12. The standard InChI is InChI=1S/C11H8ClN5OS/c1-17-4-5(2-15-17)11-16-7-6(12)3-14-8(10(13)18)9(7)19-11/h2-4H,1H3,(H2,13,18). The third-order valence-corrected chi connectivity index (χ3v) is 3.95. The van der Waals surface area contributed by atoms with Gasteiger partial charge in [0.15, 0.2) is 0 Å². The summed E-state index contributed by atoms with van der Waals surface area (Å²) in [5.41, 5.74) is 6.88. The fraction of sp³-hybridized carbons (Fsp3) is 0.0909. The predicted octanol–water partition coefficient (Wildman–Crippen LogP) is 1.84. The van der Waals surface area contributed by atoms with Gasteiger partial charge in [0.2, 0.25) is 0 Å². The molecule has 8 heteroatoms. The van der Waals surface area contributed by atoms with Crippen LogP contribution in [0.25, 0.3) is 20.8 Å². The summed E-state index contributed by atoms with van der Waals surface area (Å²) in [5, 5.41) is 5.20. The van der Waals surface area contributed by atoms with E-state index in [0.29, 0.717) is 15.2 Å². The van der Waals surface area contributed by atoms with Crippen molar-refractivity contribution in [3.8, 4) is 10.6 Å². The van der Waals surface area contributed by atoms with E-state index in [4.69, 9.17) is 17.3 Å². The summed E-state index contributed by atoms with van der Waals surface area (Å²) in [4.78, 5) is 19.7. The van der Waals surface area contributed by atoms with Crippen LogP contribution in [0.2, 0.25) is 5.02 Å². The van der Waals surface area contributed by atoms with Gasteiger partial charge >= 0.3 is 0 Å². The normalized spacial score (nSPS) is 11.1. The van der Waals surface area contributed by atoms with Crippen LogP contribution in [0.4, 0.5) is 0 Å². The van der Waals surface area contributed by atoms with E-state index in [-0.39, 0.29) is 5.69 Å². The van der Waals surface area contributed by atoms with E-state index in [9.17, 15) is 4.79 Å². The number of nitrogens with two attached hydrogens (primary N) is 1. The number of primary amides is 1. The number of pyridine rings is 1. The van der Waals surface area contributed by atoms with Gasteiger partial charge in [0.25, 0.3) is 5.91 Å². The van der Waals surface area contributed by atoms with Crippen molar-refractivity contribution in [3.63, 3.8) is 0 Å². The smallest absolute Gasteiger partial charge is 0.268 e. The summed E-state index contributed by atoms with van der Waals surface area (Å²) in [7, 11) is 1.82. The second kappa shape index (κ2) is 4.29. The predicted molar refractivity (Wildman–Crippen MR) is 73.1 cm³/mol. The monoisotopic (exact) mass is 293 g/mol. The van der Waals surface area contributed by atoms with Crippen molar-refractivity contribution in [1.29, 1.82) is 0 Å². The Balaban J connectivity index is 2.28. The highest BCUT2D eigenvalue weighted by atomic mass is 35.5. The van der Waals surface area contributed by atoms with Gasteiger partial charge in [-0.3, -0.25) is 9.48 Å². The van der Waals surface area contributed by atoms with Crippen molar-refractivity contribution in [1.82, 2.24) is 19.7 Å². The zero-order valence-electron chi connectivity index (χ0n) is 9.79. The molecule has 96 valence electrons. The van der Waals surface area contributed by atoms with Gasteiger partial charge in [-0.2, -0.15) is 5.10 Å². The second-order valence-electron chi connectivity index (χ2n) is 3.92. The molecule has 19 heavy (non-hydrogen) atoms. The molecule has 0 unspecified atom stereocenters. The quantitative estimate of drug-likeness (QED) is 0.781. The van der Waals surface area contributed by atoms with Gasteiger partial charge in [-0.15, -0.1) is 11.3 Å². The van der Waals surface area contributed by atoms with E-state index in [1.807, 2.05) is 13.2 Å². The lowest BCUT2D eigenvalue weighted by molar-refractivity contribution is 0.0997. The number of hydrogen-bond acceptors (Lipinski definition) is 5. The minimum Gasteiger partial charge on any atom is -0.364 e. The van der Waals surface area contributed by atoms with E-state index in [1.54, 1.807) is 10.9 Å². The number of aryl methyl sites for hydroxylation is 1. The number of hydrogen-bond donors (Lipinski definition) is 1. The summed E-state index contributed by atoms with van der Waals surface area (Å²) in [5.74, 6) is -0.594. The zero-order chi connectivity index (χ0) is 13.6. The van der Waals surface area contributed by atoms with Gasteiger partial charge in [-0.1, -0.05) is 11.6 Å². The van der Waals surface area contributed by atoms with E-state index in [0.717, 1.165) is 10.6 Å².